The molecule has 2 atom stereocenters. The largest absolute Gasteiger partial charge is 0.344 e. The van der Waals surface area contributed by atoms with E-state index in [-0.39, 0.29) is 5.92 Å². The van der Waals surface area contributed by atoms with Gasteiger partial charge in [-0.05, 0) is 24.4 Å². The molecule has 0 radical (unpaired) electrons. The molecule has 1 rings (SSSR count). The van der Waals surface area contributed by atoms with Crippen molar-refractivity contribution >= 4 is 7.37 Å². The number of aryl methyl sites for hydroxylation is 1. The van der Waals surface area contributed by atoms with Crippen LogP contribution in [0.25, 0.3) is 0 Å². The third-order valence-electron chi connectivity index (χ3n) is 2.59. The predicted molar refractivity (Wildman–Crippen MR) is 67.9 cm³/mol. The molecule has 1 aromatic carbocycles. The molecule has 0 aliphatic carbocycles. The van der Waals surface area contributed by atoms with Crippen molar-refractivity contribution in [1.29, 1.82) is 0 Å². The quantitative estimate of drug-likeness (QED) is 0.750. The standard InChI is InChI=1S/C12H20NO2P/c1-11(9-13)10-16(14,15)8-7-12-5-3-2-4-6-12/h2-6,11H,7-10,13H2,1H3,(H,14,15). The highest BCUT2D eigenvalue weighted by molar-refractivity contribution is 7.58. The molecule has 0 aromatic heterocycles. The summed E-state index contributed by atoms with van der Waals surface area (Å²) in [5.41, 5.74) is 6.56. The Hall–Kier alpha value is -0.630. The van der Waals surface area contributed by atoms with E-state index in [4.69, 9.17) is 5.73 Å². The predicted octanol–water partition coefficient (Wildman–Crippen LogP) is 2.09. The summed E-state index contributed by atoms with van der Waals surface area (Å²) in [5.74, 6) is 0.117. The van der Waals surface area contributed by atoms with Crippen molar-refractivity contribution < 1.29 is 9.46 Å². The Morgan fingerprint density at radius 3 is 2.56 bits per heavy atom. The second kappa shape index (κ2) is 6.19. The Balaban J connectivity index is 2.45. The van der Waals surface area contributed by atoms with E-state index in [0.29, 0.717) is 25.3 Å². The van der Waals surface area contributed by atoms with Crippen LogP contribution in [0.2, 0.25) is 0 Å². The van der Waals surface area contributed by atoms with Crippen LogP contribution in [-0.4, -0.2) is 23.8 Å². The first-order valence-electron chi connectivity index (χ1n) is 5.58. The fraction of sp³-hybridized carbons (Fsp3) is 0.500. The number of hydrogen-bond donors (Lipinski definition) is 2. The molecule has 0 amide bonds. The number of rotatable bonds is 6. The van der Waals surface area contributed by atoms with Crippen molar-refractivity contribution in [2.24, 2.45) is 11.7 Å². The van der Waals surface area contributed by atoms with Gasteiger partial charge in [0.15, 0.2) is 0 Å². The van der Waals surface area contributed by atoms with Crippen LogP contribution >= 0.6 is 7.37 Å². The average molecular weight is 241 g/mol. The zero-order valence-electron chi connectivity index (χ0n) is 9.67. The van der Waals surface area contributed by atoms with Gasteiger partial charge in [0.05, 0.1) is 0 Å². The van der Waals surface area contributed by atoms with E-state index in [1.807, 2.05) is 37.3 Å². The molecule has 0 saturated carbocycles. The SMILES string of the molecule is CC(CN)CP(=O)(O)CCc1ccccc1. The van der Waals surface area contributed by atoms with Crippen LogP contribution in [0.5, 0.6) is 0 Å². The molecule has 0 aliphatic rings. The first-order valence-corrected chi connectivity index (χ1v) is 7.61. The summed E-state index contributed by atoms with van der Waals surface area (Å²) in [5, 5.41) is 0. The zero-order chi connectivity index (χ0) is 12.0. The van der Waals surface area contributed by atoms with Gasteiger partial charge in [-0.15, -0.1) is 0 Å². The van der Waals surface area contributed by atoms with E-state index >= 15 is 0 Å². The average Bonchev–Trinajstić information content (AvgIpc) is 2.27. The monoisotopic (exact) mass is 241 g/mol. The van der Waals surface area contributed by atoms with Crippen LogP contribution in [0, 0.1) is 5.92 Å². The van der Waals surface area contributed by atoms with Gasteiger partial charge in [0.2, 0.25) is 7.37 Å². The molecule has 16 heavy (non-hydrogen) atoms. The minimum absolute atomic E-state index is 0.117. The summed E-state index contributed by atoms with van der Waals surface area (Å²) in [6.45, 7) is 2.38. The molecule has 3 nitrogen and oxygen atoms in total. The highest BCUT2D eigenvalue weighted by atomic mass is 31.2. The van der Waals surface area contributed by atoms with Crippen molar-refractivity contribution in [2.45, 2.75) is 13.3 Å². The summed E-state index contributed by atoms with van der Waals surface area (Å²) >= 11 is 0. The van der Waals surface area contributed by atoms with Gasteiger partial charge < -0.3 is 10.6 Å². The second-order valence-corrected chi connectivity index (χ2v) is 6.83. The maximum absolute atomic E-state index is 11.9. The topological polar surface area (TPSA) is 63.3 Å². The molecule has 2 unspecified atom stereocenters. The third kappa shape index (κ3) is 4.93. The summed E-state index contributed by atoms with van der Waals surface area (Å²) in [6.07, 6.45) is 1.34. The Morgan fingerprint density at radius 2 is 2.00 bits per heavy atom. The molecule has 1 aromatic rings. The van der Waals surface area contributed by atoms with E-state index in [2.05, 4.69) is 0 Å². The van der Waals surface area contributed by atoms with E-state index < -0.39 is 7.37 Å². The molecule has 0 heterocycles. The fourth-order valence-electron chi connectivity index (χ4n) is 1.60. The van der Waals surface area contributed by atoms with Crippen LogP contribution in [-0.2, 0) is 11.0 Å². The molecule has 3 N–H and O–H groups in total. The van der Waals surface area contributed by atoms with E-state index in [1.54, 1.807) is 0 Å². The summed E-state index contributed by atoms with van der Waals surface area (Å²) in [7, 11) is -3.01. The zero-order valence-corrected chi connectivity index (χ0v) is 10.6. The van der Waals surface area contributed by atoms with Crippen LogP contribution in [0.15, 0.2) is 30.3 Å². The Kier molecular flexibility index (Phi) is 5.20. The molecular weight excluding hydrogens is 221 g/mol. The lowest BCUT2D eigenvalue weighted by atomic mass is 10.2. The first kappa shape index (κ1) is 13.4. The number of hydrogen-bond acceptors (Lipinski definition) is 2. The van der Waals surface area contributed by atoms with E-state index in [9.17, 15) is 9.46 Å². The Labute approximate surface area is 97.1 Å². The van der Waals surface area contributed by atoms with Gasteiger partial charge in [-0.3, -0.25) is 4.57 Å². The molecule has 0 bridgehead atoms. The maximum atomic E-state index is 11.9. The lowest BCUT2D eigenvalue weighted by Gasteiger charge is -2.15. The lowest BCUT2D eigenvalue weighted by Crippen LogP contribution is -2.16. The van der Waals surface area contributed by atoms with Gasteiger partial charge in [0.25, 0.3) is 0 Å². The van der Waals surface area contributed by atoms with E-state index in [1.165, 1.54) is 0 Å². The minimum atomic E-state index is -3.01. The van der Waals surface area contributed by atoms with Crippen LogP contribution in [0.3, 0.4) is 0 Å². The van der Waals surface area contributed by atoms with Crippen molar-refractivity contribution in [2.75, 3.05) is 18.9 Å². The van der Waals surface area contributed by atoms with Crippen molar-refractivity contribution in [3.63, 3.8) is 0 Å². The highest BCUT2D eigenvalue weighted by Crippen LogP contribution is 2.42. The van der Waals surface area contributed by atoms with Gasteiger partial charge in [0, 0.05) is 12.3 Å². The smallest absolute Gasteiger partial charge is 0.201 e. The highest BCUT2D eigenvalue weighted by Gasteiger charge is 2.20. The van der Waals surface area contributed by atoms with E-state index in [0.717, 1.165) is 5.56 Å². The van der Waals surface area contributed by atoms with Crippen molar-refractivity contribution in [1.82, 2.24) is 0 Å². The summed E-state index contributed by atoms with van der Waals surface area (Å²) in [6, 6.07) is 9.79. The molecule has 90 valence electrons. The molecule has 4 heteroatoms. The van der Waals surface area contributed by atoms with Gasteiger partial charge in [-0.2, -0.15) is 0 Å². The molecule has 0 saturated heterocycles. The Bertz CT molecular complexity index is 353. The lowest BCUT2D eigenvalue weighted by molar-refractivity contribution is 0.465. The number of benzene rings is 1. The normalized spacial score (nSPS) is 16.7. The third-order valence-corrected chi connectivity index (χ3v) is 4.71. The number of nitrogens with two attached hydrogens (primary N) is 1. The Morgan fingerprint density at radius 1 is 1.38 bits per heavy atom. The van der Waals surface area contributed by atoms with Gasteiger partial charge >= 0.3 is 0 Å². The molecule has 0 spiro atoms. The summed E-state index contributed by atoms with van der Waals surface area (Å²) < 4.78 is 11.9. The van der Waals surface area contributed by atoms with Crippen molar-refractivity contribution in [3.05, 3.63) is 35.9 Å². The maximum Gasteiger partial charge on any atom is 0.201 e. The summed E-state index contributed by atoms with van der Waals surface area (Å²) in [4.78, 5) is 9.78. The van der Waals surface area contributed by atoms with Crippen LogP contribution < -0.4 is 5.73 Å². The van der Waals surface area contributed by atoms with Gasteiger partial charge in [-0.25, -0.2) is 0 Å². The first-order chi connectivity index (χ1) is 7.53. The van der Waals surface area contributed by atoms with Gasteiger partial charge in [-0.1, -0.05) is 37.3 Å². The van der Waals surface area contributed by atoms with Crippen molar-refractivity contribution in [3.8, 4) is 0 Å². The molecule has 0 aliphatic heterocycles. The van der Waals surface area contributed by atoms with Gasteiger partial charge in [0.1, 0.15) is 0 Å². The molecular formula is C12H20NO2P. The molecule has 0 fully saturated rings. The minimum Gasteiger partial charge on any atom is -0.344 e. The fourth-order valence-corrected chi connectivity index (χ4v) is 3.51. The van der Waals surface area contributed by atoms with Crippen LogP contribution in [0.1, 0.15) is 12.5 Å². The second-order valence-electron chi connectivity index (χ2n) is 4.33. The van der Waals surface area contributed by atoms with Crippen LogP contribution in [0.4, 0.5) is 0 Å².